The van der Waals surface area contributed by atoms with Crippen molar-refractivity contribution in [3.63, 3.8) is 0 Å². The normalized spacial score (nSPS) is 9.93. The van der Waals surface area contributed by atoms with Gasteiger partial charge in [0, 0.05) is 24.7 Å². The van der Waals surface area contributed by atoms with E-state index in [2.05, 4.69) is 10.3 Å². The smallest absolute Gasteiger partial charge is 0.253 e. The van der Waals surface area contributed by atoms with Crippen LogP contribution in [0.1, 0.15) is 23.7 Å². The number of hydrogen-bond acceptors (Lipinski definition) is 2. The summed E-state index contributed by atoms with van der Waals surface area (Å²) in [5.74, 6) is -0.135. The molecule has 0 aliphatic heterocycles. The van der Waals surface area contributed by atoms with E-state index in [-0.39, 0.29) is 18.0 Å². The minimum atomic E-state index is -0.135. The van der Waals surface area contributed by atoms with E-state index in [0.717, 1.165) is 11.3 Å². The highest BCUT2D eigenvalue weighted by molar-refractivity contribution is 5.72. The lowest BCUT2D eigenvalue weighted by Crippen LogP contribution is -2.25. The van der Waals surface area contributed by atoms with Gasteiger partial charge in [-0.1, -0.05) is 0 Å². The third-order valence-electron chi connectivity index (χ3n) is 2.01. The Labute approximate surface area is 82.3 Å². The lowest BCUT2D eigenvalue weighted by atomic mass is 10.1. The van der Waals surface area contributed by atoms with E-state index < -0.39 is 0 Å². The van der Waals surface area contributed by atoms with Crippen LogP contribution >= 0.6 is 0 Å². The molecule has 1 amide bonds. The van der Waals surface area contributed by atoms with Gasteiger partial charge in [0.05, 0.1) is 0 Å². The zero-order valence-electron chi connectivity index (χ0n) is 8.60. The maximum atomic E-state index is 11.5. The first kappa shape index (κ1) is 10.5. The molecule has 0 aromatic carbocycles. The molecule has 1 heterocycles. The van der Waals surface area contributed by atoms with Gasteiger partial charge < -0.3 is 10.3 Å². The summed E-state index contributed by atoms with van der Waals surface area (Å²) in [5, 5.41) is 2.60. The lowest BCUT2D eigenvalue weighted by Gasteiger charge is -2.05. The summed E-state index contributed by atoms with van der Waals surface area (Å²) in [7, 11) is 0. The molecule has 0 unspecified atom stereocenters. The Bertz CT molecular complexity index is 407. The lowest BCUT2D eigenvalue weighted by molar-refractivity contribution is -0.119. The molecule has 2 N–H and O–H groups in total. The molecule has 4 heteroatoms. The fourth-order valence-corrected chi connectivity index (χ4v) is 1.31. The largest absolute Gasteiger partial charge is 0.352 e. The quantitative estimate of drug-likeness (QED) is 0.725. The van der Waals surface area contributed by atoms with Crippen LogP contribution in [0.4, 0.5) is 0 Å². The van der Waals surface area contributed by atoms with Crippen LogP contribution in [0, 0.1) is 13.8 Å². The minimum Gasteiger partial charge on any atom is -0.352 e. The van der Waals surface area contributed by atoms with E-state index in [9.17, 15) is 9.59 Å². The van der Waals surface area contributed by atoms with Crippen LogP contribution in [0.3, 0.4) is 0 Å². The second kappa shape index (κ2) is 4.09. The van der Waals surface area contributed by atoms with Crippen molar-refractivity contribution in [2.75, 3.05) is 0 Å². The highest BCUT2D eigenvalue weighted by Gasteiger charge is 2.04. The Morgan fingerprint density at radius 1 is 1.50 bits per heavy atom. The Morgan fingerprint density at radius 3 is 2.64 bits per heavy atom. The van der Waals surface area contributed by atoms with Gasteiger partial charge in [-0.25, -0.2) is 0 Å². The molecular weight excluding hydrogens is 180 g/mol. The average molecular weight is 194 g/mol. The number of nitrogens with one attached hydrogen (secondary N) is 2. The second-order valence-electron chi connectivity index (χ2n) is 3.35. The molecule has 1 rings (SSSR count). The molecule has 0 saturated heterocycles. The first-order chi connectivity index (χ1) is 6.50. The fourth-order valence-electron chi connectivity index (χ4n) is 1.31. The fraction of sp³-hybridized carbons (Fsp3) is 0.400. The zero-order valence-corrected chi connectivity index (χ0v) is 8.60. The van der Waals surface area contributed by atoms with Crippen LogP contribution in [-0.2, 0) is 11.3 Å². The molecule has 0 saturated carbocycles. The summed E-state index contributed by atoms with van der Waals surface area (Å²) >= 11 is 0. The van der Waals surface area contributed by atoms with Crippen molar-refractivity contribution in [3.8, 4) is 0 Å². The second-order valence-corrected chi connectivity index (χ2v) is 3.35. The first-order valence-electron chi connectivity index (χ1n) is 4.44. The van der Waals surface area contributed by atoms with Crippen molar-refractivity contribution in [1.29, 1.82) is 0 Å². The summed E-state index contributed by atoms with van der Waals surface area (Å²) in [6, 6.07) is 1.89. The third kappa shape index (κ3) is 2.45. The van der Waals surface area contributed by atoms with Gasteiger partial charge in [-0.2, -0.15) is 0 Å². The Hall–Kier alpha value is -1.58. The maximum absolute atomic E-state index is 11.5. The number of aromatic nitrogens is 1. The molecule has 0 radical (unpaired) electrons. The number of rotatable bonds is 2. The predicted octanol–water partition coefficient (Wildman–Crippen LogP) is 0.628. The topological polar surface area (TPSA) is 62.0 Å². The molecule has 76 valence electrons. The number of pyridine rings is 1. The molecular formula is C10H14N2O2. The highest BCUT2D eigenvalue weighted by atomic mass is 16.1. The van der Waals surface area contributed by atoms with Crippen molar-refractivity contribution < 1.29 is 4.79 Å². The van der Waals surface area contributed by atoms with Crippen LogP contribution in [0.2, 0.25) is 0 Å². The number of aryl methyl sites for hydroxylation is 2. The molecule has 0 fully saturated rings. The number of aromatic amines is 1. The number of H-pyrrole nitrogens is 1. The van der Waals surface area contributed by atoms with Crippen LogP contribution in [-0.4, -0.2) is 10.9 Å². The zero-order chi connectivity index (χ0) is 10.7. The number of carbonyl (C=O) groups excluding carboxylic acids is 1. The SMILES string of the molecule is CC(=O)NCc1c(C)cc(C)[nH]c1=O. The first-order valence-corrected chi connectivity index (χ1v) is 4.44. The molecule has 1 aromatic heterocycles. The number of amides is 1. The third-order valence-corrected chi connectivity index (χ3v) is 2.01. The summed E-state index contributed by atoms with van der Waals surface area (Å²) in [4.78, 5) is 24.8. The summed E-state index contributed by atoms with van der Waals surface area (Å²) in [6.07, 6.45) is 0. The van der Waals surface area contributed by atoms with E-state index >= 15 is 0 Å². The minimum absolute atomic E-state index is 0.128. The van der Waals surface area contributed by atoms with E-state index in [0.29, 0.717) is 5.56 Å². The van der Waals surface area contributed by atoms with Crippen LogP contribution < -0.4 is 10.9 Å². The Morgan fingerprint density at radius 2 is 2.14 bits per heavy atom. The molecule has 14 heavy (non-hydrogen) atoms. The monoisotopic (exact) mass is 194 g/mol. The molecule has 0 spiro atoms. The van der Waals surface area contributed by atoms with Crippen LogP contribution in [0.25, 0.3) is 0 Å². The van der Waals surface area contributed by atoms with Crippen LogP contribution in [0.15, 0.2) is 10.9 Å². The van der Waals surface area contributed by atoms with Gasteiger partial charge in [0.2, 0.25) is 5.91 Å². The summed E-state index contributed by atoms with van der Waals surface area (Å²) < 4.78 is 0. The van der Waals surface area contributed by atoms with Crippen molar-refractivity contribution in [1.82, 2.24) is 10.3 Å². The molecule has 1 aromatic rings. The van der Waals surface area contributed by atoms with Gasteiger partial charge >= 0.3 is 0 Å². The maximum Gasteiger partial charge on any atom is 0.253 e. The average Bonchev–Trinajstić information content (AvgIpc) is 2.01. The van der Waals surface area contributed by atoms with Crippen LogP contribution in [0.5, 0.6) is 0 Å². The van der Waals surface area contributed by atoms with Crippen molar-refractivity contribution >= 4 is 5.91 Å². The molecule has 4 nitrogen and oxygen atoms in total. The molecule has 0 atom stereocenters. The summed E-state index contributed by atoms with van der Waals surface area (Å²) in [5.41, 5.74) is 2.22. The van der Waals surface area contributed by atoms with E-state index in [1.807, 2.05) is 19.9 Å². The van der Waals surface area contributed by atoms with Gasteiger partial charge in [0.15, 0.2) is 0 Å². The highest BCUT2D eigenvalue weighted by Crippen LogP contribution is 2.02. The van der Waals surface area contributed by atoms with E-state index in [4.69, 9.17) is 0 Å². The van der Waals surface area contributed by atoms with E-state index in [1.165, 1.54) is 6.92 Å². The number of carbonyl (C=O) groups is 1. The summed E-state index contributed by atoms with van der Waals surface area (Å²) in [6.45, 7) is 5.41. The van der Waals surface area contributed by atoms with Crippen molar-refractivity contribution in [2.45, 2.75) is 27.3 Å². The van der Waals surface area contributed by atoms with Gasteiger partial charge in [-0.3, -0.25) is 9.59 Å². The van der Waals surface area contributed by atoms with Gasteiger partial charge in [0.1, 0.15) is 0 Å². The Balaban J connectivity index is 2.97. The Kier molecular flexibility index (Phi) is 3.06. The standard InChI is InChI=1S/C10H14N2O2/c1-6-4-7(2)12-10(14)9(6)5-11-8(3)13/h4H,5H2,1-3H3,(H,11,13)(H,12,14). The number of hydrogen-bond donors (Lipinski definition) is 2. The van der Waals surface area contributed by atoms with Crippen molar-refractivity contribution in [2.24, 2.45) is 0 Å². The molecule has 0 bridgehead atoms. The van der Waals surface area contributed by atoms with Gasteiger partial charge in [0.25, 0.3) is 5.56 Å². The van der Waals surface area contributed by atoms with E-state index in [1.54, 1.807) is 0 Å². The van der Waals surface area contributed by atoms with Crippen molar-refractivity contribution in [3.05, 3.63) is 33.2 Å². The molecule has 0 aliphatic carbocycles. The van der Waals surface area contributed by atoms with Gasteiger partial charge in [-0.05, 0) is 25.5 Å². The predicted molar refractivity (Wildman–Crippen MR) is 54.1 cm³/mol. The molecule has 0 aliphatic rings. The van der Waals surface area contributed by atoms with Gasteiger partial charge in [-0.15, -0.1) is 0 Å².